The molecule has 2 aliphatic heterocycles. The second kappa shape index (κ2) is 29.3. The molecule has 16 heteroatoms. The lowest BCUT2D eigenvalue weighted by Gasteiger charge is -2.42. The number of carbonyl (C=O) groups excluding carboxylic acids is 2. The fraction of sp³-hybridized carbons (Fsp3) is 0.623. The van der Waals surface area contributed by atoms with Crippen molar-refractivity contribution in [2.45, 2.75) is 210 Å². The Morgan fingerprint density at radius 2 is 0.694 bits per heavy atom. The van der Waals surface area contributed by atoms with Crippen molar-refractivity contribution in [3.8, 4) is 23.0 Å². The molecule has 0 bridgehead atoms. The number of phenols is 2. The van der Waals surface area contributed by atoms with E-state index in [1.54, 1.807) is 0 Å². The first-order valence-electron chi connectivity index (χ1n) is 30.1. The molecule has 4 aromatic rings. The molecule has 2 aliphatic rings. The number of hydrogen-bond acceptors (Lipinski definition) is 14. The van der Waals surface area contributed by atoms with Crippen molar-refractivity contribution in [3.63, 3.8) is 0 Å². The standard InChI is InChI=1S/C35H54O6P2.C34H50O8/c1-23-15-25(31(3,4)5)29(26(16-23)32(6,7)8)40-42-36-19-35(20-37-42)21-38-43(39-22-35)41-30-27(33(9,10)11)17-24(2)18-28(30)34(12,13)14;1-23-19-25(21-27(31(23)37)33(3,4)5)9-11-29(35)41-17-15-39-13-14-40-16-18-42-30(36)12-10-26-20-24(2)32(38)28(22-26)34(6,7)8/h15-18H,19-22H2,1-14H3;19-22,37-38H,9-18H2,1-8H3. The number of esters is 2. The van der Waals surface area contributed by atoms with Gasteiger partial charge >= 0.3 is 29.1 Å². The Morgan fingerprint density at radius 1 is 0.424 bits per heavy atom. The Labute approximate surface area is 513 Å². The zero-order chi connectivity index (χ0) is 63.7. The van der Waals surface area contributed by atoms with E-state index in [1.165, 1.54) is 33.4 Å². The van der Waals surface area contributed by atoms with Crippen LogP contribution in [0, 0.1) is 33.1 Å². The molecule has 1 spiro atoms. The summed E-state index contributed by atoms with van der Waals surface area (Å²) in [5, 5.41) is 20.7. The molecule has 0 aliphatic carbocycles. The Morgan fingerprint density at radius 3 is 0.965 bits per heavy atom. The van der Waals surface area contributed by atoms with E-state index in [1.807, 2.05) is 79.7 Å². The molecular weight excluding hydrogens is 1110 g/mol. The number of carbonyl (C=O) groups is 2. The van der Waals surface area contributed by atoms with Gasteiger partial charge < -0.3 is 56.3 Å². The molecule has 85 heavy (non-hydrogen) atoms. The number of phenolic OH excluding ortho intramolecular Hbond substituents is 2. The first-order chi connectivity index (χ1) is 39.2. The van der Waals surface area contributed by atoms with Crippen molar-refractivity contribution < 1.29 is 65.9 Å². The fourth-order valence-corrected chi connectivity index (χ4v) is 12.4. The molecule has 4 aromatic carbocycles. The average molecular weight is 1220 g/mol. The van der Waals surface area contributed by atoms with E-state index >= 15 is 0 Å². The van der Waals surface area contributed by atoms with Crippen LogP contribution in [0.4, 0.5) is 0 Å². The first-order valence-corrected chi connectivity index (χ1v) is 32.3. The maximum Gasteiger partial charge on any atom is 0.397 e. The summed E-state index contributed by atoms with van der Waals surface area (Å²) < 4.78 is 59.6. The smallest absolute Gasteiger partial charge is 0.397 e. The summed E-state index contributed by atoms with van der Waals surface area (Å²) in [5.41, 5.74) is 11.3. The normalized spacial score (nSPS) is 18.0. The highest BCUT2D eigenvalue weighted by Crippen LogP contribution is 2.56. The largest absolute Gasteiger partial charge is 0.507 e. The predicted octanol–water partition coefficient (Wildman–Crippen LogP) is 16.5. The van der Waals surface area contributed by atoms with E-state index in [4.69, 9.17) is 46.1 Å². The van der Waals surface area contributed by atoms with Gasteiger partial charge in [-0.1, -0.05) is 184 Å². The van der Waals surface area contributed by atoms with Crippen LogP contribution in [0.15, 0.2) is 48.5 Å². The molecule has 6 rings (SSSR count). The minimum absolute atomic E-state index is 0.0902. The summed E-state index contributed by atoms with van der Waals surface area (Å²) in [4.78, 5) is 24.2. The van der Waals surface area contributed by atoms with Crippen LogP contribution in [0.2, 0.25) is 0 Å². The van der Waals surface area contributed by atoms with Crippen LogP contribution < -0.4 is 9.05 Å². The fourth-order valence-electron chi connectivity index (χ4n) is 9.84. The van der Waals surface area contributed by atoms with Crippen molar-refractivity contribution in [3.05, 3.63) is 115 Å². The second-order valence-electron chi connectivity index (χ2n) is 29.4. The number of benzene rings is 4. The Hall–Kier alpha value is -4.36. The van der Waals surface area contributed by atoms with E-state index in [2.05, 4.69) is 121 Å². The summed E-state index contributed by atoms with van der Waals surface area (Å²) >= 11 is 0. The van der Waals surface area contributed by atoms with E-state index in [0.717, 1.165) is 44.9 Å². The molecule has 14 nitrogen and oxygen atoms in total. The number of rotatable bonds is 19. The summed E-state index contributed by atoms with van der Waals surface area (Å²) in [6.07, 6.45) is 1.58. The van der Waals surface area contributed by atoms with Gasteiger partial charge in [0.1, 0.15) is 36.2 Å². The van der Waals surface area contributed by atoms with Gasteiger partial charge in [0.25, 0.3) is 0 Å². The van der Waals surface area contributed by atoms with Crippen molar-refractivity contribution in [2.24, 2.45) is 5.41 Å². The zero-order valence-corrected chi connectivity index (χ0v) is 57.5. The summed E-state index contributed by atoms with van der Waals surface area (Å²) in [5.74, 6) is 1.78. The van der Waals surface area contributed by atoms with Gasteiger partial charge in [-0.3, -0.25) is 9.59 Å². The number of aromatic hydroxyl groups is 2. The maximum absolute atomic E-state index is 12.1. The highest BCUT2D eigenvalue weighted by Gasteiger charge is 2.46. The lowest BCUT2D eigenvalue weighted by Crippen LogP contribution is -2.45. The molecule has 0 aromatic heterocycles. The van der Waals surface area contributed by atoms with Gasteiger partial charge in [0.2, 0.25) is 0 Å². The molecule has 2 saturated heterocycles. The van der Waals surface area contributed by atoms with Gasteiger partial charge in [-0.2, -0.15) is 0 Å². The third-order valence-electron chi connectivity index (χ3n) is 14.9. The van der Waals surface area contributed by atoms with Crippen molar-refractivity contribution in [2.75, 3.05) is 66.1 Å². The average Bonchev–Trinajstić information content (AvgIpc) is 2.02. The van der Waals surface area contributed by atoms with E-state index < -0.39 is 22.6 Å². The van der Waals surface area contributed by atoms with Crippen LogP contribution in [0.3, 0.4) is 0 Å². The molecule has 474 valence electrons. The number of aryl methyl sites for hydroxylation is 6. The zero-order valence-electron chi connectivity index (χ0n) is 55.7. The Bertz CT molecular complexity index is 2600. The first kappa shape index (κ1) is 71.4. The molecule has 0 radical (unpaired) electrons. The molecule has 2 heterocycles. The van der Waals surface area contributed by atoms with Gasteiger partial charge in [-0.05, 0) is 106 Å². The quantitative estimate of drug-likeness (QED) is 0.0517. The second-order valence-corrected chi connectivity index (χ2v) is 31.7. The third-order valence-corrected chi connectivity index (χ3v) is 16.9. The summed E-state index contributed by atoms with van der Waals surface area (Å²) in [7, 11) is -3.12. The van der Waals surface area contributed by atoms with Gasteiger partial charge in [-0.15, -0.1) is 0 Å². The maximum atomic E-state index is 12.1. The van der Waals surface area contributed by atoms with Crippen LogP contribution in [-0.4, -0.2) is 88.2 Å². The Balaban J connectivity index is 0.000000311. The summed E-state index contributed by atoms with van der Waals surface area (Å²) in [6.45, 7) is 50.2. The van der Waals surface area contributed by atoms with Crippen LogP contribution in [0.1, 0.15) is 204 Å². The lowest BCUT2D eigenvalue weighted by molar-refractivity contribution is -0.146. The van der Waals surface area contributed by atoms with E-state index in [-0.39, 0.29) is 83.7 Å². The van der Waals surface area contributed by atoms with Crippen LogP contribution in [0.5, 0.6) is 23.0 Å². The monoisotopic (exact) mass is 1220 g/mol. The van der Waals surface area contributed by atoms with Gasteiger partial charge in [0.05, 0.1) is 58.3 Å². The van der Waals surface area contributed by atoms with E-state index in [0.29, 0.717) is 64.0 Å². The molecule has 2 N–H and O–H groups in total. The number of hydrogen-bond donors (Lipinski definition) is 2. The lowest BCUT2D eigenvalue weighted by atomic mass is 9.78. The Kier molecular flexibility index (Phi) is 24.6. The highest BCUT2D eigenvalue weighted by molar-refractivity contribution is 7.42. The third kappa shape index (κ3) is 21.2. The van der Waals surface area contributed by atoms with Crippen molar-refractivity contribution in [1.82, 2.24) is 0 Å². The highest BCUT2D eigenvalue weighted by atomic mass is 31.2. The van der Waals surface area contributed by atoms with Crippen molar-refractivity contribution in [1.29, 1.82) is 0 Å². The van der Waals surface area contributed by atoms with Gasteiger partial charge in [0, 0.05) is 35.1 Å². The molecule has 0 amide bonds. The van der Waals surface area contributed by atoms with Crippen LogP contribution in [-0.2, 0) is 92.0 Å². The predicted molar refractivity (Wildman–Crippen MR) is 342 cm³/mol. The van der Waals surface area contributed by atoms with Gasteiger partial charge in [0.15, 0.2) is 0 Å². The molecule has 0 atom stereocenters. The van der Waals surface area contributed by atoms with Crippen molar-refractivity contribution >= 4 is 29.1 Å². The SMILES string of the molecule is Cc1cc(C(C)(C)C)c(OP2OCC3(CO2)COP(Oc2c(C(C)(C)C)cc(C)cc2C(C)(C)C)OC3)c(C(C)(C)C)c1.Cc1cc(CCC(=O)OCCOCCOCCOC(=O)CCc2cc(C)c(O)c(C(C)(C)C)c2)cc(C(C)(C)C)c1O. The molecular formula is C69H104O14P2. The minimum Gasteiger partial charge on any atom is -0.507 e. The summed E-state index contributed by atoms with van der Waals surface area (Å²) in [6, 6.07) is 16.6. The van der Waals surface area contributed by atoms with Crippen LogP contribution in [0.25, 0.3) is 0 Å². The van der Waals surface area contributed by atoms with E-state index in [9.17, 15) is 19.8 Å². The van der Waals surface area contributed by atoms with Crippen LogP contribution >= 0.6 is 17.2 Å². The molecule has 0 saturated carbocycles. The van der Waals surface area contributed by atoms with Gasteiger partial charge in [-0.25, -0.2) is 0 Å². The minimum atomic E-state index is -1.56. The topological polar surface area (TPSA) is 167 Å². The number of ether oxygens (including phenoxy) is 4. The molecule has 2 fully saturated rings. The molecule has 0 unspecified atom stereocenters.